The third kappa shape index (κ3) is 2.44. The van der Waals surface area contributed by atoms with Crippen LogP contribution in [0.25, 0.3) is 0 Å². The molecule has 0 aliphatic heterocycles. The van der Waals surface area contributed by atoms with Gasteiger partial charge in [-0.15, -0.1) is 5.10 Å². The Balaban J connectivity index is 2.25. The van der Waals surface area contributed by atoms with Crippen LogP contribution in [0.3, 0.4) is 0 Å². The molecular formula is C12H19N5. The van der Waals surface area contributed by atoms with Gasteiger partial charge in [0.15, 0.2) is 5.82 Å². The van der Waals surface area contributed by atoms with Crippen LogP contribution in [0.15, 0.2) is 24.3 Å². The van der Waals surface area contributed by atoms with E-state index in [1.54, 1.807) is 0 Å². The predicted octanol–water partition coefficient (Wildman–Crippen LogP) is 1.56. The second-order valence-electron chi connectivity index (χ2n) is 5.36. The molecule has 2 atom stereocenters. The van der Waals surface area contributed by atoms with Crippen LogP contribution >= 0.6 is 0 Å². The minimum absolute atomic E-state index is 0.148. The molecule has 0 aromatic carbocycles. The SMILES string of the molecule is CC(C)(C)n1nnnc1C(N)C1C=CC=CC1. The highest BCUT2D eigenvalue weighted by atomic mass is 15.6. The average molecular weight is 233 g/mol. The highest BCUT2D eigenvalue weighted by molar-refractivity contribution is 5.15. The molecule has 5 nitrogen and oxygen atoms in total. The molecule has 2 rings (SSSR count). The Bertz CT molecular complexity index is 438. The summed E-state index contributed by atoms with van der Waals surface area (Å²) >= 11 is 0. The summed E-state index contributed by atoms with van der Waals surface area (Å²) in [5, 5.41) is 11.9. The molecule has 0 bridgehead atoms. The van der Waals surface area contributed by atoms with Crippen molar-refractivity contribution in [2.24, 2.45) is 11.7 Å². The molecule has 5 heteroatoms. The summed E-state index contributed by atoms with van der Waals surface area (Å²) in [7, 11) is 0. The van der Waals surface area contributed by atoms with Crippen LogP contribution in [0.5, 0.6) is 0 Å². The second kappa shape index (κ2) is 4.41. The van der Waals surface area contributed by atoms with Crippen LogP contribution in [0.2, 0.25) is 0 Å². The molecule has 1 aromatic rings. The molecule has 0 saturated heterocycles. The molecule has 1 aliphatic rings. The number of hydrogen-bond donors (Lipinski definition) is 1. The maximum absolute atomic E-state index is 6.26. The predicted molar refractivity (Wildman–Crippen MR) is 66.1 cm³/mol. The normalized spacial score (nSPS) is 21.8. The zero-order valence-electron chi connectivity index (χ0n) is 10.5. The van der Waals surface area contributed by atoms with Crippen molar-refractivity contribution in [1.82, 2.24) is 20.2 Å². The third-order valence-electron chi connectivity index (χ3n) is 2.90. The molecule has 0 fully saturated rings. The first-order valence-electron chi connectivity index (χ1n) is 5.88. The first-order chi connectivity index (χ1) is 8.00. The minimum Gasteiger partial charge on any atom is -0.321 e. The number of rotatable bonds is 2. The van der Waals surface area contributed by atoms with Gasteiger partial charge in [-0.3, -0.25) is 0 Å². The van der Waals surface area contributed by atoms with Crippen LogP contribution < -0.4 is 5.73 Å². The zero-order chi connectivity index (χ0) is 12.5. The van der Waals surface area contributed by atoms with Gasteiger partial charge in [0.2, 0.25) is 0 Å². The van der Waals surface area contributed by atoms with Crippen molar-refractivity contribution < 1.29 is 0 Å². The summed E-state index contributed by atoms with van der Waals surface area (Å²) in [5.41, 5.74) is 6.12. The van der Waals surface area contributed by atoms with E-state index in [0.29, 0.717) is 0 Å². The van der Waals surface area contributed by atoms with Gasteiger partial charge in [-0.05, 0) is 37.6 Å². The molecule has 0 radical (unpaired) electrons. The van der Waals surface area contributed by atoms with Crippen LogP contribution in [0.1, 0.15) is 39.1 Å². The molecular weight excluding hydrogens is 214 g/mol. The smallest absolute Gasteiger partial charge is 0.169 e. The number of nitrogens with zero attached hydrogens (tertiary/aromatic N) is 4. The van der Waals surface area contributed by atoms with Gasteiger partial charge >= 0.3 is 0 Å². The summed E-state index contributed by atoms with van der Waals surface area (Å²) in [6.45, 7) is 6.20. The fourth-order valence-electron chi connectivity index (χ4n) is 1.94. The summed E-state index contributed by atoms with van der Waals surface area (Å²) in [4.78, 5) is 0. The monoisotopic (exact) mass is 233 g/mol. The van der Waals surface area contributed by atoms with E-state index >= 15 is 0 Å². The average Bonchev–Trinajstić information content (AvgIpc) is 2.78. The van der Waals surface area contributed by atoms with Crippen molar-refractivity contribution in [1.29, 1.82) is 0 Å². The summed E-state index contributed by atoms with van der Waals surface area (Å²) in [5.74, 6) is 1.02. The van der Waals surface area contributed by atoms with E-state index in [1.165, 1.54) is 0 Å². The van der Waals surface area contributed by atoms with Gasteiger partial charge in [-0.25, -0.2) is 4.68 Å². The number of tetrazole rings is 1. The van der Waals surface area contributed by atoms with E-state index in [4.69, 9.17) is 5.73 Å². The van der Waals surface area contributed by atoms with Crippen LogP contribution in [0.4, 0.5) is 0 Å². The Morgan fingerprint density at radius 3 is 2.76 bits per heavy atom. The number of hydrogen-bond acceptors (Lipinski definition) is 4. The summed E-state index contributed by atoms with van der Waals surface area (Å²) in [6.07, 6.45) is 9.24. The maximum atomic E-state index is 6.26. The van der Waals surface area contributed by atoms with Gasteiger partial charge in [0.1, 0.15) is 0 Å². The van der Waals surface area contributed by atoms with Crippen molar-refractivity contribution in [3.63, 3.8) is 0 Å². The van der Waals surface area contributed by atoms with Crippen LogP contribution in [-0.4, -0.2) is 20.2 Å². The molecule has 1 aromatic heterocycles. The lowest BCUT2D eigenvalue weighted by atomic mass is 9.92. The van der Waals surface area contributed by atoms with Gasteiger partial charge in [0, 0.05) is 5.92 Å². The van der Waals surface area contributed by atoms with Gasteiger partial charge in [-0.2, -0.15) is 0 Å². The Morgan fingerprint density at radius 1 is 1.41 bits per heavy atom. The Hall–Kier alpha value is -1.49. The standard InChI is InChI=1S/C12H19N5/c1-12(2,3)17-11(14-15-16-17)10(13)9-7-5-4-6-8-9/h4-7,9-10H,8,13H2,1-3H3. The summed E-state index contributed by atoms with van der Waals surface area (Å²) in [6, 6.07) is -0.162. The van der Waals surface area contributed by atoms with Crippen molar-refractivity contribution in [2.75, 3.05) is 0 Å². The highest BCUT2D eigenvalue weighted by Crippen LogP contribution is 2.26. The second-order valence-corrected chi connectivity index (χ2v) is 5.36. The van der Waals surface area contributed by atoms with E-state index in [1.807, 2.05) is 16.8 Å². The third-order valence-corrected chi connectivity index (χ3v) is 2.90. The van der Waals surface area contributed by atoms with E-state index in [9.17, 15) is 0 Å². The van der Waals surface area contributed by atoms with Gasteiger partial charge in [0.05, 0.1) is 11.6 Å². The fourth-order valence-corrected chi connectivity index (χ4v) is 1.94. The highest BCUT2D eigenvalue weighted by Gasteiger charge is 2.27. The first kappa shape index (κ1) is 12.0. The Kier molecular flexibility index (Phi) is 3.11. The number of aromatic nitrogens is 4. The van der Waals surface area contributed by atoms with Crippen molar-refractivity contribution in [2.45, 2.75) is 38.8 Å². The minimum atomic E-state index is -0.162. The Morgan fingerprint density at radius 2 is 2.18 bits per heavy atom. The van der Waals surface area contributed by atoms with Crippen LogP contribution in [-0.2, 0) is 5.54 Å². The first-order valence-corrected chi connectivity index (χ1v) is 5.88. The van der Waals surface area contributed by atoms with Crippen molar-refractivity contribution in [3.8, 4) is 0 Å². The zero-order valence-corrected chi connectivity index (χ0v) is 10.5. The molecule has 2 N–H and O–H groups in total. The van der Waals surface area contributed by atoms with E-state index < -0.39 is 0 Å². The van der Waals surface area contributed by atoms with Gasteiger partial charge in [0.25, 0.3) is 0 Å². The fraction of sp³-hybridized carbons (Fsp3) is 0.583. The maximum Gasteiger partial charge on any atom is 0.169 e. The van der Waals surface area contributed by atoms with Crippen molar-refractivity contribution in [3.05, 3.63) is 30.1 Å². The number of nitrogens with two attached hydrogens (primary N) is 1. The van der Waals surface area contributed by atoms with E-state index in [0.717, 1.165) is 12.2 Å². The van der Waals surface area contributed by atoms with Crippen LogP contribution in [0, 0.1) is 5.92 Å². The summed E-state index contributed by atoms with van der Waals surface area (Å²) < 4.78 is 1.81. The molecule has 1 aliphatic carbocycles. The molecule has 17 heavy (non-hydrogen) atoms. The van der Waals surface area contributed by atoms with E-state index in [2.05, 4.69) is 48.4 Å². The molecule has 0 saturated carbocycles. The lowest BCUT2D eigenvalue weighted by Gasteiger charge is -2.25. The quantitative estimate of drug-likeness (QED) is 0.841. The lowest BCUT2D eigenvalue weighted by Crippen LogP contribution is -2.31. The molecule has 0 amide bonds. The molecule has 1 heterocycles. The molecule has 0 spiro atoms. The molecule has 2 unspecified atom stereocenters. The van der Waals surface area contributed by atoms with Crippen molar-refractivity contribution >= 4 is 0 Å². The lowest BCUT2D eigenvalue weighted by molar-refractivity contribution is 0.317. The molecule has 92 valence electrons. The number of allylic oxidation sites excluding steroid dienone is 3. The van der Waals surface area contributed by atoms with Gasteiger partial charge < -0.3 is 5.73 Å². The van der Waals surface area contributed by atoms with E-state index in [-0.39, 0.29) is 17.5 Å². The largest absolute Gasteiger partial charge is 0.321 e. The van der Waals surface area contributed by atoms with Gasteiger partial charge in [-0.1, -0.05) is 24.3 Å². The Labute approximate surface area is 101 Å². The topological polar surface area (TPSA) is 69.6 Å².